The highest BCUT2D eigenvalue weighted by atomic mass is 32.2. The Bertz CT molecular complexity index is 2060. The molecule has 5 heteroatoms. The minimum Gasteiger partial charge on any atom is -0.334 e. The van der Waals surface area contributed by atoms with Crippen LogP contribution in [0.4, 0.5) is 0 Å². The normalized spacial score (nSPS) is 11.8. The van der Waals surface area contributed by atoms with Crippen LogP contribution in [0.3, 0.4) is 0 Å². The molecule has 0 atom stereocenters. The fourth-order valence-electron chi connectivity index (χ4n) is 5.70. The van der Waals surface area contributed by atoms with Crippen molar-refractivity contribution in [2.45, 2.75) is 11.4 Å². The molecular formula is C35H26N2O2S. The summed E-state index contributed by atoms with van der Waals surface area (Å²) in [6.45, 7) is 0.587. The van der Waals surface area contributed by atoms with Crippen molar-refractivity contribution in [3.05, 3.63) is 151 Å². The molecule has 0 amide bonds. The molecule has 5 aromatic carbocycles. The van der Waals surface area contributed by atoms with Gasteiger partial charge >= 0.3 is 0 Å². The first-order valence-corrected chi connectivity index (χ1v) is 14.7. The summed E-state index contributed by atoms with van der Waals surface area (Å²) in [6.07, 6.45) is 0. The number of aromatic nitrogens is 2. The van der Waals surface area contributed by atoms with Crippen LogP contribution < -0.4 is 0 Å². The maximum absolute atomic E-state index is 14.5. The van der Waals surface area contributed by atoms with Gasteiger partial charge in [-0.15, -0.1) is 0 Å². The van der Waals surface area contributed by atoms with Gasteiger partial charge in [-0.1, -0.05) is 127 Å². The van der Waals surface area contributed by atoms with E-state index in [9.17, 15) is 8.42 Å². The third kappa shape index (κ3) is 3.86. The van der Waals surface area contributed by atoms with Gasteiger partial charge in [-0.25, -0.2) is 12.4 Å². The Morgan fingerprint density at radius 3 is 1.65 bits per heavy atom. The van der Waals surface area contributed by atoms with Crippen LogP contribution in [0.25, 0.3) is 44.3 Å². The highest BCUT2D eigenvalue weighted by molar-refractivity contribution is 7.90. The van der Waals surface area contributed by atoms with Gasteiger partial charge in [-0.05, 0) is 29.3 Å². The maximum atomic E-state index is 14.5. The van der Waals surface area contributed by atoms with Crippen molar-refractivity contribution in [2.75, 3.05) is 0 Å². The van der Waals surface area contributed by atoms with E-state index in [1.807, 2.05) is 84.9 Å². The quantitative estimate of drug-likeness (QED) is 0.214. The summed E-state index contributed by atoms with van der Waals surface area (Å²) in [4.78, 5) is 0.258. The summed E-state index contributed by atoms with van der Waals surface area (Å²) >= 11 is 0. The van der Waals surface area contributed by atoms with Gasteiger partial charge in [0, 0.05) is 22.9 Å². The van der Waals surface area contributed by atoms with Crippen molar-refractivity contribution in [2.24, 2.45) is 0 Å². The van der Waals surface area contributed by atoms with E-state index < -0.39 is 10.0 Å². The second kappa shape index (κ2) is 9.70. The topological polar surface area (TPSA) is 44.0 Å². The first-order chi connectivity index (χ1) is 19.6. The first kappa shape index (κ1) is 24.2. The largest absolute Gasteiger partial charge is 0.334 e. The minimum absolute atomic E-state index is 0.258. The number of hydrogen-bond donors (Lipinski definition) is 0. The fourth-order valence-corrected chi connectivity index (χ4v) is 7.25. The highest BCUT2D eigenvalue weighted by Gasteiger charge is 2.31. The van der Waals surface area contributed by atoms with Gasteiger partial charge < -0.3 is 4.57 Å². The van der Waals surface area contributed by atoms with Gasteiger partial charge in [0.2, 0.25) is 0 Å². The van der Waals surface area contributed by atoms with Crippen LogP contribution in [-0.2, 0) is 16.6 Å². The number of benzene rings is 5. The molecular weight excluding hydrogens is 512 g/mol. The number of para-hydroxylation sites is 1. The van der Waals surface area contributed by atoms with E-state index in [0.29, 0.717) is 17.6 Å². The van der Waals surface area contributed by atoms with Gasteiger partial charge in [0.05, 0.1) is 27.3 Å². The van der Waals surface area contributed by atoms with E-state index in [-0.39, 0.29) is 4.90 Å². The van der Waals surface area contributed by atoms with E-state index in [2.05, 4.69) is 41.0 Å². The third-order valence-corrected chi connectivity index (χ3v) is 9.12. The average molecular weight is 539 g/mol. The molecule has 4 nitrogen and oxygen atoms in total. The predicted octanol–water partition coefficient (Wildman–Crippen LogP) is 8.22. The van der Waals surface area contributed by atoms with Crippen molar-refractivity contribution in [1.82, 2.24) is 8.54 Å². The molecule has 0 aliphatic heterocycles. The second-order valence-electron chi connectivity index (χ2n) is 9.82. The number of rotatable bonds is 6. The van der Waals surface area contributed by atoms with Gasteiger partial charge in [0.25, 0.3) is 10.0 Å². The fraction of sp³-hybridized carbons (Fsp3) is 0.0286. The summed E-state index contributed by atoms with van der Waals surface area (Å²) in [5, 5.41) is 1.83. The van der Waals surface area contributed by atoms with E-state index >= 15 is 0 Å². The zero-order valence-corrected chi connectivity index (χ0v) is 22.5. The standard InChI is InChI=1S/C35H26N2O2S/c38-40(39,29-21-11-4-12-22-29)37-31-24-14-13-23-30(31)32-33(27-17-7-2-8-18-27)36(25-26-15-5-1-6-16-26)34(35(32)37)28-19-9-3-10-20-28/h1-24H,25H2. The number of hydrogen-bond acceptors (Lipinski definition) is 2. The Kier molecular flexibility index (Phi) is 5.87. The van der Waals surface area contributed by atoms with Crippen LogP contribution >= 0.6 is 0 Å². The van der Waals surface area contributed by atoms with E-state index in [1.54, 1.807) is 28.2 Å². The predicted molar refractivity (Wildman–Crippen MR) is 163 cm³/mol. The van der Waals surface area contributed by atoms with E-state index in [0.717, 1.165) is 38.9 Å². The molecule has 0 bridgehead atoms. The Morgan fingerprint density at radius 1 is 0.525 bits per heavy atom. The van der Waals surface area contributed by atoms with E-state index in [4.69, 9.17) is 0 Å². The minimum atomic E-state index is -3.93. The summed E-state index contributed by atoms with van der Waals surface area (Å²) in [7, 11) is -3.93. The van der Waals surface area contributed by atoms with Crippen molar-refractivity contribution in [1.29, 1.82) is 0 Å². The van der Waals surface area contributed by atoms with Crippen LogP contribution in [0.5, 0.6) is 0 Å². The number of nitrogens with zero attached hydrogens (tertiary/aromatic N) is 2. The van der Waals surface area contributed by atoms with Crippen LogP contribution in [0.1, 0.15) is 5.56 Å². The lowest BCUT2D eigenvalue weighted by Gasteiger charge is -2.17. The maximum Gasteiger partial charge on any atom is 0.268 e. The molecule has 2 aromatic heterocycles. The van der Waals surface area contributed by atoms with Gasteiger partial charge in [0.1, 0.15) is 0 Å². The first-order valence-electron chi connectivity index (χ1n) is 13.3. The molecule has 0 fully saturated rings. The van der Waals surface area contributed by atoms with Gasteiger partial charge in [0.15, 0.2) is 0 Å². The lowest BCUT2D eigenvalue weighted by molar-refractivity contribution is 0.590. The molecule has 0 aliphatic rings. The summed E-state index contributed by atoms with van der Waals surface area (Å²) in [5.74, 6) is 0. The average Bonchev–Trinajstić information content (AvgIpc) is 3.51. The zero-order valence-electron chi connectivity index (χ0n) is 21.7. The molecule has 0 aliphatic carbocycles. The van der Waals surface area contributed by atoms with Gasteiger partial charge in [-0.2, -0.15) is 0 Å². The lowest BCUT2D eigenvalue weighted by atomic mass is 10.1. The molecule has 0 saturated carbocycles. The molecule has 7 aromatic rings. The Hall–Kier alpha value is -4.87. The van der Waals surface area contributed by atoms with Crippen molar-refractivity contribution in [3.8, 4) is 22.5 Å². The molecule has 0 unspecified atom stereocenters. The summed E-state index contributed by atoms with van der Waals surface area (Å²) < 4.78 is 32.8. The second-order valence-corrected chi connectivity index (χ2v) is 11.6. The van der Waals surface area contributed by atoms with Crippen LogP contribution in [-0.4, -0.2) is 17.0 Å². The van der Waals surface area contributed by atoms with Gasteiger partial charge in [-0.3, -0.25) is 0 Å². The molecule has 2 heterocycles. The monoisotopic (exact) mass is 538 g/mol. The Labute approximate surface area is 233 Å². The Morgan fingerprint density at radius 2 is 1.02 bits per heavy atom. The molecule has 0 N–H and O–H groups in total. The molecule has 7 rings (SSSR count). The molecule has 0 spiro atoms. The SMILES string of the molecule is O=S(=O)(c1ccccc1)n1c2ccccc2c2c(-c3ccccc3)n(Cc3ccccc3)c(-c3ccccc3)c21. The molecule has 0 saturated heterocycles. The third-order valence-electron chi connectivity index (χ3n) is 7.39. The molecule has 194 valence electrons. The smallest absolute Gasteiger partial charge is 0.268 e. The lowest BCUT2D eigenvalue weighted by Crippen LogP contribution is -2.13. The molecule has 0 radical (unpaired) electrons. The summed E-state index contributed by atoms with van der Waals surface area (Å²) in [6, 6.07) is 47.2. The highest BCUT2D eigenvalue weighted by Crippen LogP contribution is 2.46. The van der Waals surface area contributed by atoms with Crippen molar-refractivity contribution >= 4 is 31.8 Å². The summed E-state index contributed by atoms with van der Waals surface area (Å²) in [5.41, 5.74) is 6.34. The Balaban J connectivity index is 1.71. The van der Waals surface area contributed by atoms with Crippen LogP contribution in [0.2, 0.25) is 0 Å². The van der Waals surface area contributed by atoms with Crippen molar-refractivity contribution < 1.29 is 8.42 Å². The van der Waals surface area contributed by atoms with Crippen molar-refractivity contribution in [3.63, 3.8) is 0 Å². The van der Waals surface area contributed by atoms with E-state index in [1.165, 1.54) is 0 Å². The molecule has 40 heavy (non-hydrogen) atoms. The zero-order chi connectivity index (χ0) is 27.1. The van der Waals surface area contributed by atoms with Crippen LogP contribution in [0.15, 0.2) is 150 Å². The number of fused-ring (bicyclic) bond motifs is 3. The van der Waals surface area contributed by atoms with Crippen LogP contribution in [0, 0.1) is 0 Å².